The zero-order valence-electron chi connectivity index (χ0n) is 22.9. The summed E-state index contributed by atoms with van der Waals surface area (Å²) in [7, 11) is 0. The molecule has 3 fully saturated rings. The number of carbonyl (C=O) groups excluding carboxylic acids is 4. The van der Waals surface area contributed by atoms with Gasteiger partial charge in [-0.15, -0.1) is 10.2 Å². The summed E-state index contributed by atoms with van der Waals surface area (Å²) in [5.41, 5.74) is 7.00. The number of nitrogens with one attached hydrogen (secondary N) is 1. The molecule has 216 valence electrons. The number of amides is 4. The molecule has 6 rings (SSSR count). The van der Waals surface area contributed by atoms with Gasteiger partial charge in [0.05, 0.1) is 5.56 Å². The monoisotopic (exact) mass is 563 g/mol. The number of likely N-dealkylation sites (tertiary alicyclic amines) is 1. The van der Waals surface area contributed by atoms with Crippen molar-refractivity contribution in [1.29, 1.82) is 0 Å². The highest BCUT2D eigenvalue weighted by Crippen LogP contribution is 2.35. The predicted octanol–water partition coefficient (Wildman–Crippen LogP) is 1.57. The molecule has 11 nitrogen and oxygen atoms in total. The van der Waals surface area contributed by atoms with E-state index in [0.717, 1.165) is 69.8 Å². The second-order valence-electron chi connectivity index (χ2n) is 11.6. The zero-order chi connectivity index (χ0) is 28.7. The van der Waals surface area contributed by atoms with Gasteiger partial charge in [0.2, 0.25) is 11.8 Å². The summed E-state index contributed by atoms with van der Waals surface area (Å²) in [5.74, 6) is -0.860. The number of rotatable bonds is 6. The summed E-state index contributed by atoms with van der Waals surface area (Å²) in [6.07, 6.45) is 4.37. The summed E-state index contributed by atoms with van der Waals surface area (Å²) in [6.45, 7) is 4.85. The molecular formula is C29H34FN7O4. The maximum atomic E-state index is 15.2. The molecule has 12 heteroatoms. The molecule has 2 aromatic rings. The number of primary amides is 1. The molecule has 41 heavy (non-hydrogen) atoms. The van der Waals surface area contributed by atoms with Crippen molar-refractivity contribution in [2.75, 3.05) is 37.6 Å². The van der Waals surface area contributed by atoms with Gasteiger partial charge < -0.3 is 20.4 Å². The SMILES string of the molecule is NC(=O)c1ccc(N2CCC(CN3CCC(c4cc(F)c5c(c4)CN(C4CCC(=O)NC4=O)C5=O)CC3)CC2)nn1. The number of imide groups is 1. The Morgan fingerprint density at radius 2 is 1.76 bits per heavy atom. The molecule has 4 amide bonds. The van der Waals surface area contributed by atoms with E-state index in [2.05, 4.69) is 25.3 Å². The number of anilines is 1. The van der Waals surface area contributed by atoms with Crippen LogP contribution in [0.4, 0.5) is 10.2 Å². The Labute approximate surface area is 237 Å². The summed E-state index contributed by atoms with van der Waals surface area (Å²) >= 11 is 0. The maximum Gasteiger partial charge on any atom is 0.269 e. The van der Waals surface area contributed by atoms with Gasteiger partial charge in [0.15, 0.2) is 11.5 Å². The number of aromatic nitrogens is 2. The first-order valence-electron chi connectivity index (χ1n) is 14.3. The fourth-order valence-corrected chi connectivity index (χ4v) is 6.70. The van der Waals surface area contributed by atoms with Crippen LogP contribution in [0.1, 0.15) is 76.4 Å². The Morgan fingerprint density at radius 3 is 2.41 bits per heavy atom. The average Bonchev–Trinajstić information content (AvgIpc) is 3.30. The van der Waals surface area contributed by atoms with Crippen LogP contribution in [0.2, 0.25) is 0 Å². The maximum absolute atomic E-state index is 15.2. The van der Waals surface area contributed by atoms with Crippen molar-refractivity contribution in [1.82, 2.24) is 25.3 Å². The molecule has 0 saturated carbocycles. The number of halogens is 1. The number of fused-ring (bicyclic) bond motifs is 1. The lowest BCUT2D eigenvalue weighted by Crippen LogP contribution is -2.52. The quantitative estimate of drug-likeness (QED) is 0.505. The summed E-state index contributed by atoms with van der Waals surface area (Å²) in [4.78, 5) is 54.1. The molecule has 0 spiro atoms. The lowest BCUT2D eigenvalue weighted by Gasteiger charge is -2.38. The number of hydrogen-bond acceptors (Lipinski definition) is 8. The third-order valence-electron chi connectivity index (χ3n) is 9.01. The first-order chi connectivity index (χ1) is 19.8. The van der Waals surface area contributed by atoms with E-state index in [1.165, 1.54) is 11.0 Å². The van der Waals surface area contributed by atoms with Crippen LogP contribution in [-0.4, -0.2) is 82.4 Å². The average molecular weight is 564 g/mol. The Morgan fingerprint density at radius 1 is 1.00 bits per heavy atom. The Kier molecular flexibility index (Phi) is 7.41. The van der Waals surface area contributed by atoms with Gasteiger partial charge in [0.25, 0.3) is 11.8 Å². The van der Waals surface area contributed by atoms with E-state index >= 15 is 4.39 Å². The molecule has 1 atom stereocenters. The van der Waals surface area contributed by atoms with Crippen molar-refractivity contribution in [3.63, 3.8) is 0 Å². The molecule has 3 saturated heterocycles. The van der Waals surface area contributed by atoms with Crippen molar-refractivity contribution in [2.45, 2.75) is 57.0 Å². The van der Waals surface area contributed by atoms with Crippen molar-refractivity contribution in [3.8, 4) is 0 Å². The smallest absolute Gasteiger partial charge is 0.269 e. The first kappa shape index (κ1) is 27.3. The number of carbonyl (C=O) groups is 4. The van der Waals surface area contributed by atoms with Gasteiger partial charge in [-0.1, -0.05) is 6.07 Å². The Bertz CT molecular complexity index is 1370. The highest BCUT2D eigenvalue weighted by atomic mass is 19.1. The van der Waals surface area contributed by atoms with E-state index in [1.807, 2.05) is 6.07 Å². The zero-order valence-corrected chi connectivity index (χ0v) is 22.9. The van der Waals surface area contributed by atoms with E-state index in [9.17, 15) is 19.2 Å². The van der Waals surface area contributed by atoms with Gasteiger partial charge in [0, 0.05) is 32.6 Å². The third kappa shape index (κ3) is 5.52. The van der Waals surface area contributed by atoms with Crippen molar-refractivity contribution >= 4 is 29.4 Å². The number of hydrogen-bond donors (Lipinski definition) is 2. The van der Waals surface area contributed by atoms with Gasteiger partial charge >= 0.3 is 0 Å². The van der Waals surface area contributed by atoms with E-state index in [0.29, 0.717) is 11.5 Å². The first-order valence-corrected chi connectivity index (χ1v) is 14.3. The van der Waals surface area contributed by atoms with Crippen molar-refractivity contribution in [3.05, 3.63) is 52.5 Å². The van der Waals surface area contributed by atoms with Crippen LogP contribution < -0.4 is 16.0 Å². The second-order valence-corrected chi connectivity index (χ2v) is 11.6. The van der Waals surface area contributed by atoms with E-state index in [4.69, 9.17) is 5.73 Å². The van der Waals surface area contributed by atoms with Crippen molar-refractivity contribution < 1.29 is 23.6 Å². The molecular weight excluding hydrogens is 529 g/mol. The van der Waals surface area contributed by atoms with Crippen LogP contribution in [0.25, 0.3) is 0 Å². The van der Waals surface area contributed by atoms with Gasteiger partial charge in [-0.3, -0.25) is 24.5 Å². The number of benzene rings is 1. The predicted molar refractivity (Wildman–Crippen MR) is 146 cm³/mol. The minimum Gasteiger partial charge on any atom is -0.364 e. The molecule has 4 aliphatic heterocycles. The van der Waals surface area contributed by atoms with Crippen LogP contribution in [0.15, 0.2) is 24.3 Å². The summed E-state index contributed by atoms with van der Waals surface area (Å²) in [5, 5.41) is 10.4. The van der Waals surface area contributed by atoms with Gasteiger partial charge in [0.1, 0.15) is 11.9 Å². The number of piperidine rings is 3. The Balaban J connectivity index is 1.01. The molecule has 0 bridgehead atoms. The van der Waals surface area contributed by atoms with Crippen LogP contribution in [0, 0.1) is 11.7 Å². The molecule has 1 unspecified atom stereocenters. The number of nitrogens with zero attached hydrogens (tertiary/aromatic N) is 5. The van der Waals surface area contributed by atoms with Crippen LogP contribution in [-0.2, 0) is 16.1 Å². The van der Waals surface area contributed by atoms with Crippen LogP contribution in [0.5, 0.6) is 0 Å². The van der Waals surface area contributed by atoms with Crippen LogP contribution >= 0.6 is 0 Å². The highest BCUT2D eigenvalue weighted by Gasteiger charge is 2.41. The minimum atomic E-state index is -0.749. The Hall–Kier alpha value is -3.93. The fraction of sp³-hybridized carbons (Fsp3) is 0.517. The molecule has 5 heterocycles. The number of nitrogens with two attached hydrogens (primary N) is 1. The van der Waals surface area contributed by atoms with Crippen LogP contribution in [0.3, 0.4) is 0 Å². The molecule has 0 aliphatic carbocycles. The van der Waals surface area contributed by atoms with Gasteiger partial charge in [-0.2, -0.15) is 0 Å². The summed E-state index contributed by atoms with van der Waals surface area (Å²) < 4.78 is 15.2. The molecule has 1 aromatic carbocycles. The fourth-order valence-electron chi connectivity index (χ4n) is 6.70. The lowest BCUT2D eigenvalue weighted by atomic mass is 9.87. The minimum absolute atomic E-state index is 0.0528. The largest absolute Gasteiger partial charge is 0.364 e. The third-order valence-corrected chi connectivity index (χ3v) is 9.01. The van der Waals surface area contributed by atoms with Gasteiger partial charge in [-0.05, 0) is 86.4 Å². The normalized spacial score (nSPS) is 22.7. The van der Waals surface area contributed by atoms with E-state index < -0.39 is 29.6 Å². The lowest BCUT2D eigenvalue weighted by molar-refractivity contribution is -0.136. The summed E-state index contributed by atoms with van der Waals surface area (Å²) in [6, 6.07) is 6.10. The molecule has 4 aliphatic rings. The topological polar surface area (TPSA) is 142 Å². The highest BCUT2D eigenvalue weighted by molar-refractivity contribution is 6.05. The molecule has 1 aromatic heterocycles. The van der Waals surface area contributed by atoms with E-state index in [-0.39, 0.29) is 42.5 Å². The molecule has 0 radical (unpaired) electrons. The second kappa shape index (κ2) is 11.2. The standard InChI is InChI=1S/C29H34FN7O4/c30-21-14-19(13-20-16-37(29(41)26(20)21)23-2-4-25(38)32-28(23)40)18-7-9-35(10-8-18)15-17-5-11-36(12-6-17)24-3-1-22(27(31)39)33-34-24/h1,3,13-14,17-18,23H,2,4-12,15-16H2,(H2,31,39)(H,32,38,40). The van der Waals surface area contributed by atoms with E-state index in [1.54, 1.807) is 12.1 Å². The molecule has 3 N–H and O–H groups in total. The van der Waals surface area contributed by atoms with Crippen molar-refractivity contribution in [2.24, 2.45) is 11.7 Å². The van der Waals surface area contributed by atoms with Gasteiger partial charge in [-0.25, -0.2) is 4.39 Å².